The van der Waals surface area contributed by atoms with Crippen LogP contribution >= 0.6 is 15.9 Å². The van der Waals surface area contributed by atoms with Crippen molar-refractivity contribution in [2.75, 3.05) is 54.6 Å². The number of aliphatic imine (C=N–C) groups is 1. The minimum Gasteiger partial charge on any atom is -0.399 e. The summed E-state index contributed by atoms with van der Waals surface area (Å²) in [5, 5.41) is 6.49. The van der Waals surface area contributed by atoms with E-state index in [1.807, 2.05) is 36.0 Å². The molecule has 11 heteroatoms. The molecule has 0 aliphatic carbocycles. The number of nitrogens with two attached hydrogens (primary N) is 1. The number of anilines is 4. The molecule has 2 aromatic carbocycles. The van der Waals surface area contributed by atoms with Crippen molar-refractivity contribution in [1.29, 1.82) is 0 Å². The number of halogens is 1. The summed E-state index contributed by atoms with van der Waals surface area (Å²) in [6.07, 6.45) is -0.434. The van der Waals surface area contributed by atoms with E-state index in [1.165, 1.54) is 12.1 Å². The van der Waals surface area contributed by atoms with E-state index in [9.17, 15) is 8.42 Å². The molecule has 4 rings (SSSR count). The molecule has 1 atom stereocenters. The molecule has 2 aliphatic heterocycles. The highest BCUT2D eigenvalue weighted by molar-refractivity contribution is 9.10. The van der Waals surface area contributed by atoms with Gasteiger partial charge in [-0.05, 0) is 52.3 Å². The van der Waals surface area contributed by atoms with Crippen molar-refractivity contribution >= 4 is 54.7 Å². The van der Waals surface area contributed by atoms with Crippen molar-refractivity contribution in [1.82, 2.24) is 10.0 Å². The minimum atomic E-state index is -3.69. The van der Waals surface area contributed by atoms with E-state index in [1.54, 1.807) is 12.1 Å². The van der Waals surface area contributed by atoms with Gasteiger partial charge in [-0.25, -0.2) is 8.42 Å². The Morgan fingerprint density at radius 2 is 1.93 bits per heavy atom. The molecule has 0 bridgehead atoms. The van der Waals surface area contributed by atoms with Crippen LogP contribution in [0.1, 0.15) is 0 Å². The number of sulfonamides is 1. The van der Waals surface area contributed by atoms with Gasteiger partial charge >= 0.3 is 0 Å². The number of fused-ring (bicyclic) bond motifs is 1. The van der Waals surface area contributed by atoms with E-state index in [4.69, 9.17) is 5.73 Å². The third-order valence-electron chi connectivity index (χ3n) is 5.18. The van der Waals surface area contributed by atoms with Crippen molar-refractivity contribution in [2.45, 2.75) is 11.1 Å². The average molecular weight is 494 g/mol. The van der Waals surface area contributed by atoms with Crippen molar-refractivity contribution in [3.05, 3.63) is 40.9 Å². The van der Waals surface area contributed by atoms with Crippen LogP contribution in [0.2, 0.25) is 0 Å². The molecule has 0 radical (unpaired) electrons. The Balaban J connectivity index is 1.59. The second-order valence-corrected chi connectivity index (χ2v) is 9.78. The first kappa shape index (κ1) is 20.8. The number of nitrogens with zero attached hydrogens (tertiary/aromatic N) is 3. The van der Waals surface area contributed by atoms with Crippen molar-refractivity contribution in [3.8, 4) is 0 Å². The monoisotopic (exact) mass is 493 g/mol. The predicted octanol–water partition coefficient (Wildman–Crippen LogP) is 1.59. The van der Waals surface area contributed by atoms with E-state index in [2.05, 4.69) is 36.3 Å². The van der Waals surface area contributed by atoms with Crippen molar-refractivity contribution < 1.29 is 8.42 Å². The van der Waals surface area contributed by atoms with Crippen LogP contribution in [0.3, 0.4) is 0 Å². The van der Waals surface area contributed by atoms with E-state index >= 15 is 0 Å². The Labute approximate surface area is 184 Å². The lowest BCUT2D eigenvalue weighted by atomic mass is 10.1. The van der Waals surface area contributed by atoms with E-state index in [0.29, 0.717) is 12.2 Å². The molecule has 0 saturated heterocycles. The quantitative estimate of drug-likeness (QED) is 0.478. The SMILES string of the molecule is CN1CC(NS(=O)(=O)c2ccc(N)cc2)N(C)c2ccc(NC3=NCCN3)c(Br)c21. The number of likely N-dealkylation sites (N-methyl/N-ethyl adjacent to an activating group) is 2. The molecule has 9 nitrogen and oxygen atoms in total. The van der Waals surface area contributed by atoms with Gasteiger partial charge in [0, 0.05) is 26.3 Å². The molecular formula is C19H24BrN7O2S. The topological polar surface area (TPSA) is 115 Å². The summed E-state index contributed by atoms with van der Waals surface area (Å²) < 4.78 is 29.4. The molecule has 5 N–H and O–H groups in total. The van der Waals surface area contributed by atoms with E-state index < -0.39 is 16.2 Å². The fourth-order valence-corrected chi connectivity index (χ4v) is 5.52. The third kappa shape index (κ3) is 3.92. The molecule has 0 amide bonds. The summed E-state index contributed by atoms with van der Waals surface area (Å²) in [5.74, 6) is 0.747. The standard InChI is InChI=1S/C19H24BrN7O2S/c1-26-11-16(25-30(28,29)13-5-3-12(21)4-6-13)27(2)15-8-7-14(17(20)18(15)26)24-19-22-9-10-23-19/h3-8,16,25H,9-11,21H2,1-2H3,(H2,22,23,24). The largest absolute Gasteiger partial charge is 0.399 e. The molecule has 0 spiro atoms. The van der Waals surface area contributed by atoms with Gasteiger partial charge in [0.05, 0.1) is 39.5 Å². The van der Waals surface area contributed by atoms with Gasteiger partial charge in [-0.1, -0.05) is 0 Å². The molecule has 0 aromatic heterocycles. The number of nitrogens with one attached hydrogen (secondary N) is 3. The number of nitrogen functional groups attached to an aromatic ring is 1. The lowest BCUT2D eigenvalue weighted by Crippen LogP contribution is -2.55. The lowest BCUT2D eigenvalue weighted by molar-refractivity contribution is 0.532. The van der Waals surface area contributed by atoms with Crippen LogP contribution in [0, 0.1) is 0 Å². The Kier molecular flexibility index (Phi) is 5.51. The highest BCUT2D eigenvalue weighted by Crippen LogP contribution is 2.43. The Bertz CT molecular complexity index is 1090. The fraction of sp³-hybridized carbons (Fsp3) is 0.316. The molecule has 0 saturated carbocycles. The summed E-state index contributed by atoms with van der Waals surface area (Å²) in [6, 6.07) is 10.1. The zero-order valence-corrected chi connectivity index (χ0v) is 19.1. The van der Waals surface area contributed by atoms with Crippen molar-refractivity contribution in [2.24, 2.45) is 4.99 Å². The maximum atomic E-state index is 12.9. The van der Waals surface area contributed by atoms with Crippen molar-refractivity contribution in [3.63, 3.8) is 0 Å². The van der Waals surface area contributed by atoms with Gasteiger partial charge in [0.2, 0.25) is 10.0 Å². The van der Waals surface area contributed by atoms with Gasteiger partial charge in [-0.15, -0.1) is 0 Å². The average Bonchev–Trinajstić information content (AvgIpc) is 3.20. The zero-order chi connectivity index (χ0) is 21.5. The molecule has 160 valence electrons. The second-order valence-electron chi connectivity index (χ2n) is 7.27. The van der Waals surface area contributed by atoms with E-state index in [-0.39, 0.29) is 4.90 Å². The van der Waals surface area contributed by atoms with Crippen LogP contribution < -0.4 is 30.9 Å². The molecule has 0 fully saturated rings. The molecule has 1 unspecified atom stereocenters. The van der Waals surface area contributed by atoms with E-state index in [0.717, 1.165) is 40.6 Å². The first-order chi connectivity index (χ1) is 14.3. The lowest BCUT2D eigenvalue weighted by Gasteiger charge is -2.42. The highest BCUT2D eigenvalue weighted by Gasteiger charge is 2.32. The maximum Gasteiger partial charge on any atom is 0.242 e. The first-order valence-electron chi connectivity index (χ1n) is 9.46. The van der Waals surface area contributed by atoms with Crippen LogP contribution in [0.4, 0.5) is 22.7 Å². The smallest absolute Gasteiger partial charge is 0.242 e. The first-order valence-corrected chi connectivity index (χ1v) is 11.7. The molecule has 30 heavy (non-hydrogen) atoms. The van der Waals surface area contributed by atoms with Gasteiger partial charge in [0.25, 0.3) is 0 Å². The Morgan fingerprint density at radius 1 is 1.20 bits per heavy atom. The van der Waals surface area contributed by atoms with Crippen LogP contribution in [-0.4, -0.2) is 54.3 Å². The van der Waals surface area contributed by atoms with Gasteiger partial charge in [0.15, 0.2) is 5.96 Å². The maximum absolute atomic E-state index is 12.9. The summed E-state index contributed by atoms with van der Waals surface area (Å²) in [7, 11) is 0.128. The Hall–Kier alpha value is -2.50. The molecule has 2 aliphatic rings. The minimum absolute atomic E-state index is 0.184. The van der Waals surface area contributed by atoms with Gasteiger partial charge < -0.3 is 26.2 Å². The van der Waals surface area contributed by atoms with Crippen LogP contribution in [-0.2, 0) is 10.0 Å². The molecule has 2 aromatic rings. The number of hydrogen-bond donors (Lipinski definition) is 4. The summed E-state index contributed by atoms with van der Waals surface area (Å²) >= 11 is 3.70. The normalized spacial score (nSPS) is 18.6. The predicted molar refractivity (Wildman–Crippen MR) is 125 cm³/mol. The zero-order valence-electron chi connectivity index (χ0n) is 16.7. The van der Waals surface area contributed by atoms with Gasteiger partial charge in [0.1, 0.15) is 6.17 Å². The third-order valence-corrected chi connectivity index (χ3v) is 7.46. The number of benzene rings is 2. The summed E-state index contributed by atoms with van der Waals surface area (Å²) in [5.41, 5.74) is 8.97. The van der Waals surface area contributed by atoms with Crippen LogP contribution in [0.15, 0.2) is 50.8 Å². The summed E-state index contributed by atoms with van der Waals surface area (Å²) in [6.45, 7) is 2.05. The van der Waals surface area contributed by atoms with Gasteiger partial charge in [-0.3, -0.25) is 4.99 Å². The van der Waals surface area contributed by atoms with Crippen LogP contribution in [0.25, 0.3) is 0 Å². The molecular weight excluding hydrogens is 470 g/mol. The number of hydrogen-bond acceptors (Lipinski definition) is 8. The fourth-order valence-electron chi connectivity index (χ4n) is 3.56. The Morgan fingerprint density at radius 3 is 2.60 bits per heavy atom. The second kappa shape index (κ2) is 7.97. The number of rotatable bonds is 4. The van der Waals surface area contributed by atoms with Crippen LogP contribution in [0.5, 0.6) is 0 Å². The summed E-state index contributed by atoms with van der Waals surface area (Å²) in [4.78, 5) is 8.52. The number of guanidine groups is 1. The van der Waals surface area contributed by atoms with Gasteiger partial charge in [-0.2, -0.15) is 4.72 Å². The highest BCUT2D eigenvalue weighted by atomic mass is 79.9. The molecule has 2 heterocycles.